The summed E-state index contributed by atoms with van der Waals surface area (Å²) in [5.74, 6) is 0.0943. The van der Waals surface area contributed by atoms with E-state index >= 15 is 0 Å². The van der Waals surface area contributed by atoms with Gasteiger partial charge in [0.15, 0.2) is 0 Å². The van der Waals surface area contributed by atoms with E-state index in [-0.39, 0.29) is 11.4 Å². The minimum atomic E-state index is -0.157. The maximum atomic E-state index is 11.7. The van der Waals surface area contributed by atoms with Gasteiger partial charge in [-0.2, -0.15) is 0 Å². The Bertz CT molecular complexity index is 416. The summed E-state index contributed by atoms with van der Waals surface area (Å²) >= 11 is 5.98. The van der Waals surface area contributed by atoms with E-state index in [0.717, 1.165) is 23.4 Å². The number of amides is 1. The third-order valence-corrected chi connectivity index (χ3v) is 3.34. The van der Waals surface area contributed by atoms with E-state index < -0.39 is 0 Å². The fourth-order valence-corrected chi connectivity index (χ4v) is 2.16. The molecule has 3 nitrogen and oxygen atoms in total. The van der Waals surface area contributed by atoms with Crippen LogP contribution in [0.5, 0.6) is 0 Å². The third kappa shape index (κ3) is 2.99. The predicted molar refractivity (Wildman–Crippen MR) is 69.1 cm³/mol. The van der Waals surface area contributed by atoms with E-state index in [1.165, 1.54) is 0 Å². The first kappa shape index (κ1) is 12.4. The highest BCUT2D eigenvalue weighted by atomic mass is 35.5. The lowest BCUT2D eigenvalue weighted by molar-refractivity contribution is -0.122. The molecule has 2 rings (SSSR count). The smallest absolute Gasteiger partial charge is 0.221 e. The summed E-state index contributed by atoms with van der Waals surface area (Å²) in [6.07, 6.45) is 2.51. The zero-order valence-electron chi connectivity index (χ0n) is 9.92. The topological polar surface area (TPSA) is 41.1 Å². The molecule has 1 aliphatic rings. The molecule has 2 N–H and O–H groups in total. The van der Waals surface area contributed by atoms with Crippen LogP contribution < -0.4 is 10.6 Å². The number of carbonyl (C=O) groups excluding carboxylic acids is 1. The highest BCUT2D eigenvalue weighted by molar-refractivity contribution is 6.30. The fourth-order valence-electron chi connectivity index (χ4n) is 1.96. The number of hydrogen-bond donors (Lipinski definition) is 2. The van der Waals surface area contributed by atoms with Gasteiger partial charge in [0, 0.05) is 18.0 Å². The minimum absolute atomic E-state index is 0.0943. The lowest BCUT2D eigenvalue weighted by atomic mass is 10.0. The van der Waals surface area contributed by atoms with E-state index in [4.69, 9.17) is 11.6 Å². The minimum Gasteiger partial charge on any atom is -0.347 e. The molecule has 0 radical (unpaired) electrons. The largest absolute Gasteiger partial charge is 0.347 e. The molecule has 17 heavy (non-hydrogen) atoms. The molecule has 1 amide bonds. The summed E-state index contributed by atoms with van der Waals surface area (Å²) in [5, 5.41) is 6.80. The Kier molecular flexibility index (Phi) is 3.69. The number of halogens is 1. The van der Waals surface area contributed by atoms with Gasteiger partial charge in [-0.05, 0) is 37.6 Å². The Hall–Kier alpha value is -1.06. The van der Waals surface area contributed by atoms with Crippen LogP contribution in [-0.4, -0.2) is 19.5 Å². The summed E-state index contributed by atoms with van der Waals surface area (Å²) in [6.45, 7) is 0.706. The maximum absolute atomic E-state index is 11.7. The van der Waals surface area contributed by atoms with Crippen LogP contribution in [0.4, 0.5) is 0 Å². The van der Waals surface area contributed by atoms with Crippen molar-refractivity contribution in [3.63, 3.8) is 0 Å². The Labute approximate surface area is 107 Å². The van der Waals surface area contributed by atoms with Crippen molar-refractivity contribution in [3.8, 4) is 0 Å². The fraction of sp³-hybridized carbons (Fsp3) is 0.462. The summed E-state index contributed by atoms with van der Waals surface area (Å²) in [4.78, 5) is 11.7. The van der Waals surface area contributed by atoms with E-state index in [2.05, 4.69) is 10.6 Å². The van der Waals surface area contributed by atoms with Gasteiger partial charge in [0.2, 0.25) is 5.91 Å². The van der Waals surface area contributed by atoms with Gasteiger partial charge in [0.1, 0.15) is 0 Å². The summed E-state index contributed by atoms with van der Waals surface area (Å²) < 4.78 is 0. The lowest BCUT2D eigenvalue weighted by Crippen LogP contribution is -2.36. The Morgan fingerprint density at radius 1 is 1.47 bits per heavy atom. The molecule has 0 unspecified atom stereocenters. The first-order valence-corrected chi connectivity index (χ1v) is 6.26. The molecule has 1 aliphatic carbocycles. The summed E-state index contributed by atoms with van der Waals surface area (Å²) in [6, 6.07) is 7.74. The van der Waals surface area contributed by atoms with Gasteiger partial charge in [-0.3, -0.25) is 4.79 Å². The average molecular weight is 253 g/mol. The van der Waals surface area contributed by atoms with Crippen molar-refractivity contribution >= 4 is 17.5 Å². The zero-order chi connectivity index (χ0) is 12.3. The molecule has 0 bridgehead atoms. The van der Waals surface area contributed by atoms with Crippen LogP contribution in [-0.2, 0) is 10.3 Å². The second kappa shape index (κ2) is 5.07. The van der Waals surface area contributed by atoms with Gasteiger partial charge in [0.25, 0.3) is 0 Å². The van der Waals surface area contributed by atoms with Crippen LogP contribution in [0.2, 0.25) is 5.02 Å². The number of rotatable bonds is 5. The maximum Gasteiger partial charge on any atom is 0.221 e. The molecule has 0 saturated heterocycles. The molecule has 92 valence electrons. The van der Waals surface area contributed by atoms with E-state index in [9.17, 15) is 4.79 Å². The molecule has 0 spiro atoms. The Morgan fingerprint density at radius 2 is 2.24 bits per heavy atom. The molecule has 1 saturated carbocycles. The van der Waals surface area contributed by atoms with Gasteiger partial charge < -0.3 is 10.6 Å². The number of carbonyl (C=O) groups is 1. The molecule has 1 aromatic carbocycles. The zero-order valence-corrected chi connectivity index (χ0v) is 10.7. The second-order valence-corrected chi connectivity index (χ2v) is 4.93. The Balaban J connectivity index is 2.02. The van der Waals surface area contributed by atoms with Crippen molar-refractivity contribution in [2.75, 3.05) is 13.6 Å². The lowest BCUT2D eigenvalue weighted by Gasteiger charge is -2.18. The van der Waals surface area contributed by atoms with Crippen molar-refractivity contribution in [2.24, 2.45) is 0 Å². The SMILES string of the molecule is CNCCC(=O)NC1(c2cccc(Cl)c2)CC1. The van der Waals surface area contributed by atoms with Crippen LogP contribution in [0.1, 0.15) is 24.8 Å². The molecule has 0 aliphatic heterocycles. The molecule has 4 heteroatoms. The molecule has 1 fully saturated rings. The highest BCUT2D eigenvalue weighted by Gasteiger charge is 2.45. The normalized spacial score (nSPS) is 16.6. The van der Waals surface area contributed by atoms with Gasteiger partial charge >= 0.3 is 0 Å². The van der Waals surface area contributed by atoms with E-state index in [1.54, 1.807) is 0 Å². The van der Waals surface area contributed by atoms with Crippen LogP contribution >= 0.6 is 11.6 Å². The molecule has 0 atom stereocenters. The molecular weight excluding hydrogens is 236 g/mol. The summed E-state index contributed by atoms with van der Waals surface area (Å²) in [7, 11) is 1.84. The van der Waals surface area contributed by atoms with E-state index in [1.807, 2.05) is 31.3 Å². The Morgan fingerprint density at radius 3 is 2.82 bits per heavy atom. The van der Waals surface area contributed by atoms with Crippen molar-refractivity contribution in [1.29, 1.82) is 0 Å². The second-order valence-electron chi connectivity index (χ2n) is 4.49. The molecule has 0 aromatic heterocycles. The van der Waals surface area contributed by atoms with Crippen molar-refractivity contribution in [1.82, 2.24) is 10.6 Å². The van der Waals surface area contributed by atoms with Gasteiger partial charge in [-0.15, -0.1) is 0 Å². The predicted octanol–water partition coefficient (Wildman–Crippen LogP) is 2.05. The first-order valence-electron chi connectivity index (χ1n) is 5.88. The van der Waals surface area contributed by atoms with Gasteiger partial charge in [-0.25, -0.2) is 0 Å². The molecule has 0 heterocycles. The van der Waals surface area contributed by atoms with Gasteiger partial charge in [0.05, 0.1) is 5.54 Å². The monoisotopic (exact) mass is 252 g/mol. The quantitative estimate of drug-likeness (QED) is 0.842. The van der Waals surface area contributed by atoms with Crippen LogP contribution in [0.3, 0.4) is 0 Å². The van der Waals surface area contributed by atoms with E-state index in [0.29, 0.717) is 13.0 Å². The molecule has 1 aromatic rings. The van der Waals surface area contributed by atoms with Crippen LogP contribution in [0.15, 0.2) is 24.3 Å². The van der Waals surface area contributed by atoms with Crippen molar-refractivity contribution in [3.05, 3.63) is 34.9 Å². The van der Waals surface area contributed by atoms with Crippen LogP contribution in [0, 0.1) is 0 Å². The standard InChI is InChI=1S/C13H17ClN2O/c1-15-8-5-12(17)16-13(6-7-13)10-3-2-4-11(14)9-10/h2-4,9,15H,5-8H2,1H3,(H,16,17). The van der Waals surface area contributed by atoms with Gasteiger partial charge in [-0.1, -0.05) is 23.7 Å². The van der Waals surface area contributed by atoms with Crippen LogP contribution in [0.25, 0.3) is 0 Å². The first-order chi connectivity index (χ1) is 8.16. The average Bonchev–Trinajstić information content (AvgIpc) is 3.07. The number of benzene rings is 1. The van der Waals surface area contributed by atoms with Crippen molar-refractivity contribution in [2.45, 2.75) is 24.8 Å². The van der Waals surface area contributed by atoms with Crippen molar-refractivity contribution < 1.29 is 4.79 Å². The molecular formula is C13H17ClN2O. The number of nitrogens with one attached hydrogen (secondary N) is 2. The highest BCUT2D eigenvalue weighted by Crippen LogP contribution is 2.45. The third-order valence-electron chi connectivity index (χ3n) is 3.11. The number of hydrogen-bond acceptors (Lipinski definition) is 2. The summed E-state index contributed by atoms with van der Waals surface area (Å²) in [5.41, 5.74) is 0.957.